The quantitative estimate of drug-likeness (QED) is 0.898. The van der Waals surface area contributed by atoms with Crippen LogP contribution in [-0.4, -0.2) is 14.9 Å². The van der Waals surface area contributed by atoms with Crippen molar-refractivity contribution in [2.75, 3.05) is 5.32 Å². The fourth-order valence-corrected chi connectivity index (χ4v) is 2.27. The Morgan fingerprint density at radius 2 is 2.05 bits per heavy atom. The van der Waals surface area contributed by atoms with E-state index in [-0.39, 0.29) is 5.75 Å². The van der Waals surface area contributed by atoms with Crippen LogP contribution in [0.5, 0.6) is 5.75 Å². The first-order valence-electron chi connectivity index (χ1n) is 6.67. The Morgan fingerprint density at radius 1 is 1.35 bits per heavy atom. The second-order valence-corrected chi connectivity index (χ2v) is 5.22. The first-order chi connectivity index (χ1) is 9.40. The van der Waals surface area contributed by atoms with Crippen LogP contribution in [0.3, 0.4) is 0 Å². The van der Waals surface area contributed by atoms with E-state index < -0.39 is 5.82 Å². The lowest BCUT2D eigenvalue weighted by atomic mass is 10.2. The fourth-order valence-electron chi connectivity index (χ4n) is 2.27. The number of rotatable bonds is 4. The number of hydrogen-bond donors (Lipinski definition) is 2. The lowest BCUT2D eigenvalue weighted by molar-refractivity contribution is 0.432. The third-order valence-electron chi connectivity index (χ3n) is 3.30. The zero-order chi connectivity index (χ0) is 14.9. The maximum atomic E-state index is 13.3. The van der Waals surface area contributed by atoms with E-state index in [1.54, 1.807) is 6.07 Å². The van der Waals surface area contributed by atoms with E-state index in [1.165, 1.54) is 12.1 Å². The van der Waals surface area contributed by atoms with E-state index in [9.17, 15) is 9.50 Å². The molecule has 0 bridgehead atoms. The molecule has 2 N–H and O–H groups in total. The van der Waals surface area contributed by atoms with Crippen molar-refractivity contribution >= 4 is 5.69 Å². The average molecular weight is 277 g/mol. The summed E-state index contributed by atoms with van der Waals surface area (Å²) in [6.45, 7) is 8.62. The third-order valence-corrected chi connectivity index (χ3v) is 3.30. The van der Waals surface area contributed by atoms with Gasteiger partial charge in [-0.25, -0.2) is 4.39 Å². The molecule has 20 heavy (non-hydrogen) atoms. The number of nitrogens with one attached hydrogen (secondary N) is 1. The molecule has 2 aromatic rings. The lowest BCUT2D eigenvalue weighted by Crippen LogP contribution is -2.06. The Bertz CT molecular complexity index is 620. The van der Waals surface area contributed by atoms with Gasteiger partial charge < -0.3 is 10.4 Å². The first kappa shape index (κ1) is 14.4. The topological polar surface area (TPSA) is 50.1 Å². The fraction of sp³-hybridized carbons (Fsp3) is 0.400. The predicted octanol–water partition coefficient (Wildman–Crippen LogP) is 3.54. The van der Waals surface area contributed by atoms with Crippen LogP contribution >= 0.6 is 0 Å². The second-order valence-electron chi connectivity index (χ2n) is 5.22. The molecule has 5 heteroatoms. The Morgan fingerprint density at radius 3 is 2.60 bits per heavy atom. The van der Waals surface area contributed by atoms with Crippen LogP contribution in [-0.2, 0) is 6.54 Å². The normalized spacial score (nSPS) is 11.1. The van der Waals surface area contributed by atoms with Gasteiger partial charge in [0.05, 0.1) is 17.1 Å². The smallest absolute Gasteiger partial charge is 0.165 e. The molecule has 0 radical (unpaired) electrons. The van der Waals surface area contributed by atoms with E-state index in [2.05, 4.69) is 24.3 Å². The summed E-state index contributed by atoms with van der Waals surface area (Å²) >= 11 is 0. The minimum Gasteiger partial charge on any atom is -0.505 e. The van der Waals surface area contributed by atoms with Gasteiger partial charge in [-0.2, -0.15) is 5.10 Å². The van der Waals surface area contributed by atoms with E-state index in [0.717, 1.165) is 22.6 Å². The van der Waals surface area contributed by atoms with Crippen LogP contribution in [0.15, 0.2) is 18.2 Å². The molecule has 0 spiro atoms. The first-order valence-corrected chi connectivity index (χ1v) is 6.67. The van der Waals surface area contributed by atoms with Gasteiger partial charge in [-0.05, 0) is 45.4 Å². The molecule has 0 aliphatic rings. The van der Waals surface area contributed by atoms with Gasteiger partial charge in [0.1, 0.15) is 0 Å². The number of hydrogen-bond acceptors (Lipinski definition) is 3. The summed E-state index contributed by atoms with van der Waals surface area (Å²) in [5, 5.41) is 17.0. The van der Waals surface area contributed by atoms with Gasteiger partial charge in [0.25, 0.3) is 0 Å². The number of aromatic hydroxyl groups is 1. The molecule has 0 aliphatic heterocycles. The highest BCUT2D eigenvalue weighted by atomic mass is 19.1. The van der Waals surface area contributed by atoms with Gasteiger partial charge in [0, 0.05) is 12.6 Å². The Labute approximate surface area is 118 Å². The van der Waals surface area contributed by atoms with Gasteiger partial charge >= 0.3 is 0 Å². The number of phenols is 1. The van der Waals surface area contributed by atoms with Crippen LogP contribution < -0.4 is 5.32 Å². The van der Waals surface area contributed by atoms with E-state index in [4.69, 9.17) is 0 Å². The van der Waals surface area contributed by atoms with Crippen LogP contribution in [0.2, 0.25) is 0 Å². The number of halogens is 1. The van der Waals surface area contributed by atoms with Gasteiger partial charge in [-0.3, -0.25) is 4.68 Å². The summed E-state index contributed by atoms with van der Waals surface area (Å²) in [6, 6.07) is 4.70. The molecule has 4 nitrogen and oxygen atoms in total. The number of aryl methyl sites for hydroxylation is 1. The highest BCUT2D eigenvalue weighted by molar-refractivity contribution is 5.52. The highest BCUT2D eigenvalue weighted by Crippen LogP contribution is 2.23. The van der Waals surface area contributed by atoms with Gasteiger partial charge in [0.2, 0.25) is 0 Å². The number of benzene rings is 1. The van der Waals surface area contributed by atoms with Crippen LogP contribution in [0.25, 0.3) is 0 Å². The summed E-state index contributed by atoms with van der Waals surface area (Å²) in [4.78, 5) is 0. The van der Waals surface area contributed by atoms with Crippen LogP contribution in [0.1, 0.15) is 36.8 Å². The lowest BCUT2D eigenvalue weighted by Gasteiger charge is -2.10. The highest BCUT2D eigenvalue weighted by Gasteiger charge is 2.13. The Hall–Kier alpha value is -2.04. The van der Waals surface area contributed by atoms with E-state index >= 15 is 0 Å². The minimum atomic E-state index is -0.601. The SMILES string of the molecule is Cc1nn(C(C)C)c(C)c1NCc1ccc(O)c(F)c1. The maximum absolute atomic E-state index is 13.3. The van der Waals surface area contributed by atoms with Crippen molar-refractivity contribution < 1.29 is 9.50 Å². The zero-order valence-electron chi connectivity index (χ0n) is 12.2. The average Bonchev–Trinajstić information content (AvgIpc) is 2.67. The molecule has 0 fully saturated rings. The number of nitrogens with zero attached hydrogens (tertiary/aromatic N) is 2. The monoisotopic (exact) mass is 277 g/mol. The molecule has 0 unspecified atom stereocenters. The van der Waals surface area contributed by atoms with Crippen molar-refractivity contribution in [2.24, 2.45) is 0 Å². The summed E-state index contributed by atoms with van der Waals surface area (Å²) in [5.41, 5.74) is 3.75. The molecule has 0 amide bonds. The second kappa shape index (κ2) is 5.53. The summed E-state index contributed by atoms with van der Waals surface area (Å²) in [6.07, 6.45) is 0. The Kier molecular flexibility index (Phi) is 3.97. The molecule has 1 heterocycles. The van der Waals surface area contributed by atoms with Crippen molar-refractivity contribution in [3.8, 4) is 5.75 Å². The molecule has 2 rings (SSSR count). The molecular weight excluding hydrogens is 257 g/mol. The molecule has 108 valence electrons. The summed E-state index contributed by atoms with van der Waals surface area (Å²) in [5.74, 6) is -0.927. The van der Waals surface area contributed by atoms with Crippen molar-refractivity contribution in [3.05, 3.63) is 41.0 Å². The summed E-state index contributed by atoms with van der Waals surface area (Å²) in [7, 11) is 0. The molecule has 0 saturated carbocycles. The molecule has 1 aromatic carbocycles. The molecular formula is C15H20FN3O. The van der Waals surface area contributed by atoms with Crippen molar-refractivity contribution in [2.45, 2.75) is 40.3 Å². The van der Waals surface area contributed by atoms with Gasteiger partial charge in [0.15, 0.2) is 11.6 Å². The largest absolute Gasteiger partial charge is 0.505 e. The van der Waals surface area contributed by atoms with Crippen molar-refractivity contribution in [1.82, 2.24) is 9.78 Å². The molecule has 0 aliphatic carbocycles. The van der Waals surface area contributed by atoms with E-state index in [0.29, 0.717) is 12.6 Å². The van der Waals surface area contributed by atoms with Gasteiger partial charge in [-0.15, -0.1) is 0 Å². The number of phenolic OH excluding ortho intramolecular Hbond substituents is 1. The number of anilines is 1. The third kappa shape index (κ3) is 2.76. The van der Waals surface area contributed by atoms with Crippen LogP contribution in [0.4, 0.5) is 10.1 Å². The van der Waals surface area contributed by atoms with Crippen LogP contribution in [0, 0.1) is 19.7 Å². The summed E-state index contributed by atoms with van der Waals surface area (Å²) < 4.78 is 15.2. The standard InChI is InChI=1S/C15H20FN3O/c1-9(2)19-11(4)15(10(3)18-19)17-8-12-5-6-14(20)13(16)7-12/h5-7,9,17,20H,8H2,1-4H3. The number of aromatic nitrogens is 2. The van der Waals surface area contributed by atoms with E-state index in [1.807, 2.05) is 18.5 Å². The van der Waals surface area contributed by atoms with Crippen molar-refractivity contribution in [3.63, 3.8) is 0 Å². The Balaban J connectivity index is 2.16. The molecule has 0 saturated heterocycles. The predicted molar refractivity (Wildman–Crippen MR) is 77.5 cm³/mol. The molecule has 1 aromatic heterocycles. The maximum Gasteiger partial charge on any atom is 0.165 e. The minimum absolute atomic E-state index is 0.301. The van der Waals surface area contributed by atoms with Crippen molar-refractivity contribution in [1.29, 1.82) is 0 Å². The zero-order valence-corrected chi connectivity index (χ0v) is 12.2. The van der Waals surface area contributed by atoms with Gasteiger partial charge in [-0.1, -0.05) is 6.07 Å². The molecule has 0 atom stereocenters.